The maximum atomic E-state index is 13.0. The van der Waals surface area contributed by atoms with E-state index in [9.17, 15) is 18.3 Å². The summed E-state index contributed by atoms with van der Waals surface area (Å²) in [5, 5.41) is 9.27. The summed E-state index contributed by atoms with van der Waals surface area (Å²) in [5.41, 5.74) is 1.59. The Morgan fingerprint density at radius 2 is 2.12 bits per heavy atom. The summed E-state index contributed by atoms with van der Waals surface area (Å²) in [6, 6.07) is 6.21. The van der Waals surface area contributed by atoms with Crippen LogP contribution in [0.4, 0.5) is 5.69 Å². The van der Waals surface area contributed by atoms with Gasteiger partial charge in [-0.1, -0.05) is 6.07 Å². The van der Waals surface area contributed by atoms with Gasteiger partial charge in [0.2, 0.25) is 5.88 Å². The molecule has 0 radical (unpaired) electrons. The second-order valence-electron chi connectivity index (χ2n) is 5.43. The van der Waals surface area contributed by atoms with Crippen molar-refractivity contribution in [2.75, 3.05) is 18.0 Å². The number of aromatic carboxylic acids is 1. The number of hydrogen-bond acceptors (Lipinski definition) is 5. The molecule has 8 heteroatoms. The number of nitrogens with zero attached hydrogens (tertiary/aromatic N) is 2. The molecule has 24 heavy (non-hydrogen) atoms. The zero-order chi connectivity index (χ0) is 17.5. The Hall–Kier alpha value is -2.61. The first kappa shape index (κ1) is 16.3. The molecule has 1 aromatic carbocycles. The predicted molar refractivity (Wildman–Crippen MR) is 87.2 cm³/mol. The molecule has 0 atom stereocenters. The molecule has 0 spiro atoms. The minimum Gasteiger partial charge on any atom is -0.481 e. The quantitative estimate of drug-likeness (QED) is 0.906. The third-order valence-corrected chi connectivity index (χ3v) is 5.97. The van der Waals surface area contributed by atoms with Crippen LogP contribution >= 0.6 is 0 Å². The van der Waals surface area contributed by atoms with Crippen LogP contribution in [-0.4, -0.2) is 38.1 Å². The van der Waals surface area contributed by atoms with E-state index < -0.39 is 16.0 Å². The molecule has 2 heterocycles. The van der Waals surface area contributed by atoms with E-state index in [4.69, 9.17) is 4.74 Å². The van der Waals surface area contributed by atoms with Gasteiger partial charge in [0.1, 0.15) is 4.90 Å². The molecule has 0 aliphatic carbocycles. The molecule has 1 aliphatic heterocycles. The number of anilines is 1. The van der Waals surface area contributed by atoms with Gasteiger partial charge in [-0.15, -0.1) is 0 Å². The second kappa shape index (κ2) is 5.79. The van der Waals surface area contributed by atoms with Crippen molar-refractivity contribution in [2.45, 2.75) is 18.2 Å². The summed E-state index contributed by atoms with van der Waals surface area (Å²) in [7, 11) is -2.37. The van der Waals surface area contributed by atoms with Crippen molar-refractivity contribution >= 4 is 21.7 Å². The number of rotatable bonds is 4. The summed E-state index contributed by atoms with van der Waals surface area (Å²) >= 11 is 0. The zero-order valence-corrected chi connectivity index (χ0v) is 14.0. The van der Waals surface area contributed by atoms with Crippen LogP contribution in [-0.2, 0) is 16.4 Å². The SMILES string of the molecule is COc1cc(C)c(S(=O)(=O)N2CCc3c(C(=O)O)cccc32)cn1. The molecule has 1 aliphatic rings. The Balaban J connectivity index is 2.09. The van der Waals surface area contributed by atoms with Crippen molar-refractivity contribution in [3.8, 4) is 5.88 Å². The molecule has 1 N–H and O–H groups in total. The van der Waals surface area contributed by atoms with E-state index >= 15 is 0 Å². The lowest BCUT2D eigenvalue weighted by Crippen LogP contribution is -2.29. The molecule has 0 amide bonds. The van der Waals surface area contributed by atoms with Crippen LogP contribution in [0.5, 0.6) is 5.88 Å². The average molecular weight is 348 g/mol. The van der Waals surface area contributed by atoms with Crippen molar-refractivity contribution < 1.29 is 23.1 Å². The smallest absolute Gasteiger partial charge is 0.336 e. The Morgan fingerprint density at radius 3 is 2.75 bits per heavy atom. The lowest BCUT2D eigenvalue weighted by atomic mass is 10.1. The first-order chi connectivity index (χ1) is 11.4. The number of hydrogen-bond donors (Lipinski definition) is 1. The molecule has 0 saturated carbocycles. The highest BCUT2D eigenvalue weighted by atomic mass is 32.2. The van der Waals surface area contributed by atoms with Crippen molar-refractivity contribution in [1.82, 2.24) is 4.98 Å². The highest BCUT2D eigenvalue weighted by Gasteiger charge is 2.34. The maximum absolute atomic E-state index is 13.0. The van der Waals surface area contributed by atoms with E-state index in [1.54, 1.807) is 25.1 Å². The van der Waals surface area contributed by atoms with Gasteiger partial charge in [0, 0.05) is 12.6 Å². The maximum Gasteiger partial charge on any atom is 0.336 e. The molecule has 126 valence electrons. The molecule has 7 nitrogen and oxygen atoms in total. The predicted octanol–water partition coefficient (Wildman–Crippen LogP) is 1.85. The Labute approximate surface area is 139 Å². The van der Waals surface area contributed by atoms with Gasteiger partial charge in [0.05, 0.1) is 24.6 Å². The lowest BCUT2D eigenvalue weighted by molar-refractivity contribution is 0.0696. The number of carbonyl (C=O) groups is 1. The zero-order valence-electron chi connectivity index (χ0n) is 13.2. The van der Waals surface area contributed by atoms with E-state index in [0.717, 1.165) is 0 Å². The minimum absolute atomic E-state index is 0.0804. The number of ether oxygens (including phenoxy) is 1. The van der Waals surface area contributed by atoms with E-state index in [1.165, 1.54) is 23.7 Å². The van der Waals surface area contributed by atoms with Crippen molar-refractivity contribution in [3.05, 3.63) is 47.2 Å². The molecule has 2 aromatic rings. The molecule has 1 aromatic heterocycles. The van der Waals surface area contributed by atoms with Crippen LogP contribution in [0.15, 0.2) is 35.4 Å². The van der Waals surface area contributed by atoms with Crippen LogP contribution < -0.4 is 9.04 Å². The Morgan fingerprint density at radius 1 is 1.38 bits per heavy atom. The highest BCUT2D eigenvalue weighted by Crippen LogP contribution is 2.35. The fraction of sp³-hybridized carbons (Fsp3) is 0.250. The van der Waals surface area contributed by atoms with Crippen LogP contribution in [0.3, 0.4) is 0 Å². The molecule has 0 bridgehead atoms. The van der Waals surface area contributed by atoms with Gasteiger partial charge in [0.15, 0.2) is 0 Å². The fourth-order valence-electron chi connectivity index (χ4n) is 2.87. The van der Waals surface area contributed by atoms with Crippen LogP contribution in [0.1, 0.15) is 21.5 Å². The lowest BCUT2D eigenvalue weighted by Gasteiger charge is -2.20. The van der Waals surface area contributed by atoms with Crippen molar-refractivity contribution in [2.24, 2.45) is 0 Å². The molecule has 3 rings (SSSR count). The van der Waals surface area contributed by atoms with E-state index in [-0.39, 0.29) is 17.0 Å². The van der Waals surface area contributed by atoms with Gasteiger partial charge in [-0.05, 0) is 36.6 Å². The minimum atomic E-state index is -3.83. The summed E-state index contributed by atoms with van der Waals surface area (Å²) in [6.45, 7) is 1.87. The topological polar surface area (TPSA) is 96.8 Å². The van der Waals surface area contributed by atoms with Crippen molar-refractivity contribution in [1.29, 1.82) is 0 Å². The third kappa shape index (κ3) is 2.48. The number of aromatic nitrogens is 1. The molecular weight excluding hydrogens is 332 g/mol. The number of sulfonamides is 1. The van der Waals surface area contributed by atoms with Crippen molar-refractivity contribution in [3.63, 3.8) is 0 Å². The monoisotopic (exact) mass is 348 g/mol. The van der Waals surface area contributed by atoms with Gasteiger partial charge < -0.3 is 9.84 Å². The summed E-state index contributed by atoms with van der Waals surface area (Å²) < 4.78 is 32.2. The average Bonchev–Trinajstić information content (AvgIpc) is 2.98. The Kier molecular flexibility index (Phi) is 3.92. The highest BCUT2D eigenvalue weighted by molar-refractivity contribution is 7.92. The van der Waals surface area contributed by atoms with Gasteiger partial charge in [-0.3, -0.25) is 4.31 Å². The van der Waals surface area contributed by atoms with Gasteiger partial charge in [-0.2, -0.15) is 0 Å². The molecule has 0 fully saturated rings. The standard InChI is InChI=1S/C16H16N2O5S/c1-10-8-15(23-2)17-9-14(10)24(21,22)18-7-6-11-12(16(19)20)4-3-5-13(11)18/h3-5,8-9H,6-7H2,1-2H3,(H,19,20). The van der Waals surface area contributed by atoms with Crippen LogP contribution in [0.25, 0.3) is 0 Å². The number of fused-ring (bicyclic) bond motifs is 1. The largest absolute Gasteiger partial charge is 0.481 e. The van der Waals surface area contributed by atoms with Gasteiger partial charge in [-0.25, -0.2) is 18.2 Å². The first-order valence-corrected chi connectivity index (χ1v) is 8.69. The van der Waals surface area contributed by atoms with E-state index in [2.05, 4.69) is 4.98 Å². The normalized spacial score (nSPS) is 13.7. The number of benzene rings is 1. The molecule has 0 unspecified atom stereocenters. The van der Waals surface area contributed by atoms with Crippen LogP contribution in [0.2, 0.25) is 0 Å². The van der Waals surface area contributed by atoms with Gasteiger partial charge in [0.25, 0.3) is 10.0 Å². The first-order valence-electron chi connectivity index (χ1n) is 7.25. The van der Waals surface area contributed by atoms with Crippen LogP contribution in [0, 0.1) is 6.92 Å². The second-order valence-corrected chi connectivity index (χ2v) is 7.26. The number of aryl methyl sites for hydroxylation is 1. The molecule has 0 saturated heterocycles. The molecular formula is C16H16N2O5S. The Bertz CT molecular complexity index is 924. The number of methoxy groups -OCH3 is 1. The number of carboxylic acids is 1. The van der Waals surface area contributed by atoms with E-state index in [1.807, 2.05) is 0 Å². The summed E-state index contributed by atoms with van der Waals surface area (Å²) in [6.07, 6.45) is 1.63. The fourth-order valence-corrected chi connectivity index (χ4v) is 4.52. The summed E-state index contributed by atoms with van der Waals surface area (Å²) in [4.78, 5) is 15.4. The van der Waals surface area contributed by atoms with E-state index in [0.29, 0.717) is 29.1 Å². The van der Waals surface area contributed by atoms with Gasteiger partial charge >= 0.3 is 5.97 Å². The third-order valence-electron chi connectivity index (χ3n) is 4.03. The summed E-state index contributed by atoms with van der Waals surface area (Å²) in [5.74, 6) is -0.727. The number of pyridine rings is 1. The number of carboxylic acid groups (broad SMARTS) is 1.